The monoisotopic (exact) mass is 384 g/mol. The van der Waals surface area contributed by atoms with Gasteiger partial charge in [-0.2, -0.15) is 0 Å². The summed E-state index contributed by atoms with van der Waals surface area (Å²) in [7, 11) is 1.60. The van der Waals surface area contributed by atoms with Gasteiger partial charge in [-0.25, -0.2) is 4.79 Å². The predicted molar refractivity (Wildman–Crippen MR) is 112 cm³/mol. The third-order valence-corrected chi connectivity index (χ3v) is 4.99. The van der Waals surface area contributed by atoms with E-state index in [9.17, 15) is 9.59 Å². The molecular weight excluding hydrogens is 364 g/mol. The molecule has 4 heteroatoms. The van der Waals surface area contributed by atoms with E-state index in [-0.39, 0.29) is 12.4 Å². The van der Waals surface area contributed by atoms with Crippen LogP contribution in [0.2, 0.25) is 0 Å². The summed E-state index contributed by atoms with van der Waals surface area (Å²) in [5.74, 6) is -0.0312. The molecule has 0 saturated heterocycles. The first-order valence-electron chi connectivity index (χ1n) is 9.37. The standard InChI is InChI=1S/C25H20O4/c1-28-21-11-6-17(7-12-21)8-13-25(27)29-16-24(26)20-10-9-19-14-18-4-2-3-5-22(18)23(19)15-20/h2-13,15H,14,16H2,1H3/b13-8+. The molecule has 0 aromatic heterocycles. The molecule has 0 bridgehead atoms. The van der Waals surface area contributed by atoms with Crippen LogP contribution in [0.3, 0.4) is 0 Å². The van der Waals surface area contributed by atoms with Crippen molar-refractivity contribution in [3.63, 3.8) is 0 Å². The minimum atomic E-state index is -0.555. The summed E-state index contributed by atoms with van der Waals surface area (Å²) in [4.78, 5) is 24.4. The normalized spacial score (nSPS) is 11.8. The summed E-state index contributed by atoms with van der Waals surface area (Å²) in [5, 5.41) is 0. The van der Waals surface area contributed by atoms with Crippen molar-refractivity contribution in [3.05, 3.63) is 95.1 Å². The van der Waals surface area contributed by atoms with E-state index in [1.54, 1.807) is 31.4 Å². The van der Waals surface area contributed by atoms with Gasteiger partial charge in [0.15, 0.2) is 12.4 Å². The molecule has 0 N–H and O–H groups in total. The Hall–Kier alpha value is -3.66. The lowest BCUT2D eigenvalue weighted by Crippen LogP contribution is -2.12. The Bertz CT molecular complexity index is 1090. The van der Waals surface area contributed by atoms with Gasteiger partial charge in [-0.15, -0.1) is 0 Å². The van der Waals surface area contributed by atoms with Crippen molar-refractivity contribution >= 4 is 17.8 Å². The zero-order valence-corrected chi connectivity index (χ0v) is 16.1. The fourth-order valence-corrected chi connectivity index (χ4v) is 3.44. The number of Topliss-reactive ketones (excluding diaryl/α,β-unsaturated/α-hetero) is 1. The molecule has 4 nitrogen and oxygen atoms in total. The Kier molecular flexibility index (Phi) is 5.25. The highest BCUT2D eigenvalue weighted by molar-refractivity contribution is 6.00. The van der Waals surface area contributed by atoms with Crippen LogP contribution in [0.25, 0.3) is 17.2 Å². The summed E-state index contributed by atoms with van der Waals surface area (Å²) >= 11 is 0. The van der Waals surface area contributed by atoms with E-state index in [1.165, 1.54) is 17.2 Å². The number of ketones is 1. The van der Waals surface area contributed by atoms with Gasteiger partial charge in [-0.3, -0.25) is 4.79 Å². The van der Waals surface area contributed by atoms with Gasteiger partial charge in [0.2, 0.25) is 0 Å². The highest BCUT2D eigenvalue weighted by Crippen LogP contribution is 2.36. The van der Waals surface area contributed by atoms with E-state index >= 15 is 0 Å². The van der Waals surface area contributed by atoms with Crippen molar-refractivity contribution in [1.29, 1.82) is 0 Å². The number of rotatable bonds is 6. The number of ether oxygens (including phenoxy) is 2. The van der Waals surface area contributed by atoms with Crippen LogP contribution >= 0.6 is 0 Å². The summed E-state index contributed by atoms with van der Waals surface area (Å²) in [6.45, 7) is -0.285. The zero-order valence-electron chi connectivity index (χ0n) is 16.1. The van der Waals surface area contributed by atoms with Crippen LogP contribution in [0.15, 0.2) is 72.8 Å². The molecule has 0 heterocycles. The van der Waals surface area contributed by atoms with E-state index in [0.29, 0.717) is 5.56 Å². The van der Waals surface area contributed by atoms with E-state index in [4.69, 9.17) is 9.47 Å². The Balaban J connectivity index is 1.38. The summed E-state index contributed by atoms with van der Waals surface area (Å²) in [6, 6.07) is 21.1. The summed E-state index contributed by atoms with van der Waals surface area (Å²) < 4.78 is 10.2. The minimum absolute atomic E-state index is 0.219. The van der Waals surface area contributed by atoms with Gasteiger partial charge in [0.1, 0.15) is 5.75 Å². The van der Waals surface area contributed by atoms with E-state index < -0.39 is 5.97 Å². The van der Waals surface area contributed by atoms with Gasteiger partial charge < -0.3 is 9.47 Å². The van der Waals surface area contributed by atoms with E-state index in [0.717, 1.165) is 28.9 Å². The first-order chi connectivity index (χ1) is 14.1. The number of esters is 1. The second kappa shape index (κ2) is 8.15. The molecule has 0 aliphatic heterocycles. The number of carbonyl (C=O) groups is 2. The second-order valence-electron chi connectivity index (χ2n) is 6.84. The number of carbonyl (C=O) groups excluding carboxylic acids is 2. The Morgan fingerprint density at radius 1 is 0.931 bits per heavy atom. The van der Waals surface area contributed by atoms with Crippen LogP contribution in [0.5, 0.6) is 5.75 Å². The molecular formula is C25H20O4. The molecule has 144 valence electrons. The maximum absolute atomic E-state index is 12.5. The number of hydrogen-bond donors (Lipinski definition) is 0. The van der Waals surface area contributed by atoms with Gasteiger partial charge in [0.25, 0.3) is 0 Å². The van der Waals surface area contributed by atoms with Crippen molar-refractivity contribution in [2.45, 2.75) is 6.42 Å². The largest absolute Gasteiger partial charge is 0.497 e. The quantitative estimate of drug-likeness (QED) is 0.275. The molecule has 0 radical (unpaired) electrons. The first kappa shape index (κ1) is 18.7. The molecule has 0 spiro atoms. The summed E-state index contributed by atoms with van der Waals surface area (Å²) in [6.07, 6.45) is 3.83. The van der Waals surface area contributed by atoms with Crippen LogP contribution in [0.4, 0.5) is 0 Å². The van der Waals surface area contributed by atoms with Gasteiger partial charge in [0, 0.05) is 11.6 Å². The molecule has 0 amide bonds. The number of benzene rings is 3. The molecule has 1 aliphatic rings. The lowest BCUT2D eigenvalue weighted by molar-refractivity contribution is -0.136. The van der Waals surface area contributed by atoms with Gasteiger partial charge >= 0.3 is 5.97 Å². The SMILES string of the molecule is COc1ccc(/C=C/C(=O)OCC(=O)c2ccc3c(c2)-c2ccccc2C3)cc1. The summed E-state index contributed by atoms with van der Waals surface area (Å²) in [5.41, 5.74) is 6.11. The molecule has 3 aromatic carbocycles. The highest BCUT2D eigenvalue weighted by atomic mass is 16.5. The predicted octanol–water partition coefficient (Wildman–Crippen LogP) is 4.71. The topological polar surface area (TPSA) is 52.6 Å². The molecule has 0 atom stereocenters. The van der Waals surface area contributed by atoms with Gasteiger partial charge in [0.05, 0.1) is 7.11 Å². The fraction of sp³-hybridized carbons (Fsp3) is 0.120. The Morgan fingerprint density at radius 2 is 1.69 bits per heavy atom. The number of hydrogen-bond acceptors (Lipinski definition) is 4. The van der Waals surface area contributed by atoms with E-state index in [2.05, 4.69) is 12.1 Å². The van der Waals surface area contributed by atoms with Crippen molar-refractivity contribution in [3.8, 4) is 16.9 Å². The molecule has 29 heavy (non-hydrogen) atoms. The van der Waals surface area contributed by atoms with Crippen LogP contribution < -0.4 is 4.74 Å². The zero-order chi connectivity index (χ0) is 20.2. The molecule has 1 aliphatic carbocycles. The van der Waals surface area contributed by atoms with Crippen LogP contribution in [-0.4, -0.2) is 25.5 Å². The third-order valence-electron chi connectivity index (χ3n) is 4.99. The molecule has 0 unspecified atom stereocenters. The molecule has 0 fully saturated rings. The molecule has 0 saturated carbocycles. The van der Waals surface area contributed by atoms with Crippen molar-refractivity contribution in [2.24, 2.45) is 0 Å². The average Bonchev–Trinajstić information content (AvgIpc) is 3.14. The Labute approximate surface area is 169 Å². The second-order valence-corrected chi connectivity index (χ2v) is 6.84. The molecule has 4 rings (SSSR count). The van der Waals surface area contributed by atoms with Crippen LogP contribution in [-0.2, 0) is 16.0 Å². The maximum atomic E-state index is 12.5. The van der Waals surface area contributed by atoms with Crippen molar-refractivity contribution < 1.29 is 19.1 Å². The van der Waals surface area contributed by atoms with Crippen LogP contribution in [0, 0.1) is 0 Å². The maximum Gasteiger partial charge on any atom is 0.331 e. The van der Waals surface area contributed by atoms with Crippen LogP contribution in [0.1, 0.15) is 27.0 Å². The van der Waals surface area contributed by atoms with Crippen molar-refractivity contribution in [2.75, 3.05) is 13.7 Å². The average molecular weight is 384 g/mol. The first-order valence-corrected chi connectivity index (χ1v) is 9.37. The van der Waals surface area contributed by atoms with E-state index in [1.807, 2.05) is 36.4 Å². The highest BCUT2D eigenvalue weighted by Gasteiger charge is 2.19. The number of methoxy groups -OCH3 is 1. The lowest BCUT2D eigenvalue weighted by Gasteiger charge is -2.06. The third kappa shape index (κ3) is 4.11. The molecule has 3 aromatic rings. The van der Waals surface area contributed by atoms with Gasteiger partial charge in [-0.1, -0.05) is 48.5 Å². The Morgan fingerprint density at radius 3 is 2.48 bits per heavy atom. The lowest BCUT2D eigenvalue weighted by atomic mass is 10.0. The fourth-order valence-electron chi connectivity index (χ4n) is 3.44. The number of fused-ring (bicyclic) bond motifs is 3. The van der Waals surface area contributed by atoms with Gasteiger partial charge in [-0.05, 0) is 58.5 Å². The van der Waals surface area contributed by atoms with Crippen molar-refractivity contribution in [1.82, 2.24) is 0 Å². The smallest absolute Gasteiger partial charge is 0.331 e. The minimum Gasteiger partial charge on any atom is -0.497 e.